The lowest BCUT2D eigenvalue weighted by atomic mass is 9.67. The maximum Gasteiger partial charge on any atom is 0.407 e. The number of hydrogen-bond acceptors (Lipinski definition) is 3. The molecule has 1 fully saturated rings. The molecule has 1 heterocycles. The van der Waals surface area contributed by atoms with E-state index in [0.29, 0.717) is 19.1 Å². The highest BCUT2D eigenvalue weighted by atomic mass is 16.5. The van der Waals surface area contributed by atoms with E-state index in [1.807, 2.05) is 6.92 Å². The van der Waals surface area contributed by atoms with Crippen LogP contribution in [0.2, 0.25) is 0 Å². The van der Waals surface area contributed by atoms with Gasteiger partial charge in [0.1, 0.15) is 0 Å². The van der Waals surface area contributed by atoms with E-state index in [-0.39, 0.29) is 11.5 Å². The number of alkyl carbamates (subject to hydrolysis) is 1. The number of nitrogens with one attached hydrogen (secondary N) is 1. The van der Waals surface area contributed by atoms with E-state index in [0.717, 1.165) is 13.0 Å². The second-order valence-electron chi connectivity index (χ2n) is 8.21. The molecule has 4 heteroatoms. The van der Waals surface area contributed by atoms with Crippen molar-refractivity contribution < 1.29 is 9.53 Å². The molecule has 4 nitrogen and oxygen atoms in total. The summed E-state index contributed by atoms with van der Waals surface area (Å²) >= 11 is 0. The van der Waals surface area contributed by atoms with Crippen LogP contribution in [-0.4, -0.2) is 43.8 Å². The fourth-order valence-corrected chi connectivity index (χ4v) is 4.56. The van der Waals surface area contributed by atoms with Crippen molar-refractivity contribution in [1.29, 1.82) is 0 Å². The molecule has 0 spiro atoms. The first kappa shape index (κ1) is 20.7. The van der Waals surface area contributed by atoms with Gasteiger partial charge in [0.15, 0.2) is 0 Å². The fraction of sp³-hybridized carbons (Fsp3) is 0.542. The Morgan fingerprint density at radius 1 is 1.14 bits per heavy atom. The molecule has 0 aromatic heterocycles. The summed E-state index contributed by atoms with van der Waals surface area (Å²) < 4.78 is 5.16. The molecular weight excluding hydrogens is 348 g/mol. The quantitative estimate of drug-likeness (QED) is 0.701. The minimum absolute atomic E-state index is 0.143. The third kappa shape index (κ3) is 4.49. The average Bonchev–Trinajstić information content (AvgIpc) is 3.22. The van der Waals surface area contributed by atoms with Gasteiger partial charge in [0.05, 0.1) is 6.61 Å². The van der Waals surface area contributed by atoms with Gasteiger partial charge in [0.2, 0.25) is 0 Å². The zero-order valence-corrected chi connectivity index (χ0v) is 17.5. The molecule has 1 atom stereocenters. The van der Waals surface area contributed by atoms with E-state index in [2.05, 4.69) is 66.5 Å². The fourth-order valence-electron chi connectivity index (χ4n) is 4.56. The Morgan fingerprint density at radius 3 is 2.57 bits per heavy atom. The number of ether oxygens (including phenoxy) is 1. The van der Waals surface area contributed by atoms with Gasteiger partial charge in [-0.3, -0.25) is 0 Å². The zero-order chi connectivity index (χ0) is 20.0. The number of nitrogens with zero attached hydrogens (tertiary/aromatic N) is 1. The second-order valence-corrected chi connectivity index (χ2v) is 8.21. The van der Waals surface area contributed by atoms with Crippen LogP contribution in [0.5, 0.6) is 0 Å². The molecule has 1 amide bonds. The first-order valence-electron chi connectivity index (χ1n) is 10.7. The van der Waals surface area contributed by atoms with Gasteiger partial charge >= 0.3 is 6.09 Å². The van der Waals surface area contributed by atoms with Crippen LogP contribution in [0.15, 0.2) is 42.5 Å². The predicted molar refractivity (Wildman–Crippen MR) is 116 cm³/mol. The maximum atomic E-state index is 12.1. The van der Waals surface area contributed by atoms with E-state index in [1.54, 1.807) is 0 Å². The SMILES string of the molecule is CCOC(=O)NCC(CCN1CCCC1)(c1cccc2ccccc12)C(C)C. The van der Waals surface area contributed by atoms with Gasteiger partial charge in [-0.25, -0.2) is 4.79 Å². The molecule has 1 aliphatic heterocycles. The highest BCUT2D eigenvalue weighted by molar-refractivity contribution is 5.86. The highest BCUT2D eigenvalue weighted by Crippen LogP contribution is 2.39. The Hall–Kier alpha value is -2.07. The number of hydrogen-bond donors (Lipinski definition) is 1. The first-order chi connectivity index (χ1) is 13.6. The van der Waals surface area contributed by atoms with E-state index in [4.69, 9.17) is 4.74 Å². The van der Waals surface area contributed by atoms with Gasteiger partial charge in [-0.15, -0.1) is 0 Å². The molecule has 0 saturated carbocycles. The summed E-state index contributed by atoms with van der Waals surface area (Å²) in [5, 5.41) is 5.60. The Bertz CT molecular complexity index is 778. The molecule has 1 saturated heterocycles. The zero-order valence-electron chi connectivity index (χ0n) is 17.5. The molecule has 1 unspecified atom stereocenters. The van der Waals surface area contributed by atoms with Crippen molar-refractivity contribution in [2.45, 2.75) is 45.4 Å². The van der Waals surface area contributed by atoms with E-state index < -0.39 is 0 Å². The van der Waals surface area contributed by atoms with Gasteiger partial charge in [-0.2, -0.15) is 0 Å². The molecular formula is C24H34N2O2. The molecule has 1 aliphatic rings. The molecule has 3 rings (SSSR count). The predicted octanol–water partition coefficient (Wildman–Crippen LogP) is 4.97. The number of benzene rings is 2. The Kier molecular flexibility index (Phi) is 6.95. The van der Waals surface area contributed by atoms with Gasteiger partial charge in [-0.05, 0) is 68.1 Å². The van der Waals surface area contributed by atoms with Crippen LogP contribution in [0.25, 0.3) is 10.8 Å². The van der Waals surface area contributed by atoms with Crippen LogP contribution in [-0.2, 0) is 10.2 Å². The van der Waals surface area contributed by atoms with Crippen molar-refractivity contribution in [1.82, 2.24) is 10.2 Å². The van der Waals surface area contributed by atoms with Crippen LogP contribution in [0.3, 0.4) is 0 Å². The average molecular weight is 383 g/mol. The minimum Gasteiger partial charge on any atom is -0.450 e. The number of carbonyl (C=O) groups excluding carboxylic acids is 1. The summed E-state index contributed by atoms with van der Waals surface area (Å²) in [4.78, 5) is 14.7. The smallest absolute Gasteiger partial charge is 0.407 e. The summed E-state index contributed by atoms with van der Waals surface area (Å²) in [6, 6.07) is 15.1. The Morgan fingerprint density at radius 2 is 1.86 bits per heavy atom. The van der Waals surface area contributed by atoms with Crippen molar-refractivity contribution in [3.8, 4) is 0 Å². The number of likely N-dealkylation sites (tertiary alicyclic amines) is 1. The molecule has 28 heavy (non-hydrogen) atoms. The van der Waals surface area contributed by atoms with E-state index >= 15 is 0 Å². The van der Waals surface area contributed by atoms with Crippen LogP contribution in [0.4, 0.5) is 4.79 Å². The molecule has 0 aliphatic carbocycles. The lowest BCUT2D eigenvalue weighted by Crippen LogP contribution is -2.46. The van der Waals surface area contributed by atoms with E-state index in [9.17, 15) is 4.79 Å². The lowest BCUT2D eigenvalue weighted by Gasteiger charge is -2.40. The largest absolute Gasteiger partial charge is 0.450 e. The third-order valence-electron chi connectivity index (χ3n) is 6.33. The van der Waals surface area contributed by atoms with E-state index in [1.165, 1.54) is 42.3 Å². The summed E-state index contributed by atoms with van der Waals surface area (Å²) in [6.07, 6.45) is 3.29. The lowest BCUT2D eigenvalue weighted by molar-refractivity contribution is 0.144. The normalized spacial score (nSPS) is 17.0. The maximum absolute atomic E-state index is 12.1. The first-order valence-corrected chi connectivity index (χ1v) is 10.7. The van der Waals surface area contributed by atoms with Crippen molar-refractivity contribution in [3.05, 3.63) is 48.0 Å². The highest BCUT2D eigenvalue weighted by Gasteiger charge is 2.38. The number of amides is 1. The third-order valence-corrected chi connectivity index (χ3v) is 6.33. The number of fused-ring (bicyclic) bond motifs is 1. The molecule has 1 N–H and O–H groups in total. The Labute approximate surface area is 169 Å². The topological polar surface area (TPSA) is 41.6 Å². The summed E-state index contributed by atoms with van der Waals surface area (Å²) in [5.41, 5.74) is 1.19. The van der Waals surface area contributed by atoms with Gasteiger partial charge in [0, 0.05) is 12.0 Å². The van der Waals surface area contributed by atoms with Crippen molar-refractivity contribution in [3.63, 3.8) is 0 Å². The van der Waals surface area contributed by atoms with Crippen LogP contribution < -0.4 is 5.32 Å². The molecule has 0 bridgehead atoms. The van der Waals surface area contributed by atoms with Crippen molar-refractivity contribution in [2.24, 2.45) is 5.92 Å². The van der Waals surface area contributed by atoms with Gasteiger partial charge < -0.3 is 15.0 Å². The summed E-state index contributed by atoms with van der Waals surface area (Å²) in [7, 11) is 0. The minimum atomic E-state index is -0.325. The van der Waals surface area contributed by atoms with Crippen molar-refractivity contribution in [2.75, 3.05) is 32.8 Å². The second kappa shape index (κ2) is 9.42. The van der Waals surface area contributed by atoms with Crippen LogP contribution in [0.1, 0.15) is 45.6 Å². The summed E-state index contributed by atoms with van der Waals surface area (Å²) in [6.45, 7) is 10.8. The van der Waals surface area contributed by atoms with Crippen molar-refractivity contribution >= 4 is 16.9 Å². The number of carbonyl (C=O) groups is 1. The van der Waals surface area contributed by atoms with Crippen LogP contribution in [0, 0.1) is 5.92 Å². The monoisotopic (exact) mass is 382 g/mol. The molecule has 2 aromatic carbocycles. The number of rotatable bonds is 8. The standard InChI is InChI=1S/C24H34N2O2/c1-4-28-23(27)25-18-24(19(2)3,14-17-26-15-7-8-16-26)22-13-9-11-20-10-5-6-12-21(20)22/h5-6,9-13,19H,4,7-8,14-18H2,1-3H3,(H,25,27). The van der Waals surface area contributed by atoms with Crippen LogP contribution >= 0.6 is 0 Å². The van der Waals surface area contributed by atoms with Gasteiger partial charge in [-0.1, -0.05) is 56.3 Å². The molecule has 0 radical (unpaired) electrons. The molecule has 2 aromatic rings. The molecule has 152 valence electrons. The summed E-state index contributed by atoms with van der Waals surface area (Å²) in [5.74, 6) is 0.378. The Balaban J connectivity index is 1.98. The van der Waals surface area contributed by atoms with Gasteiger partial charge in [0.25, 0.3) is 0 Å².